The Bertz CT molecular complexity index is 682. The van der Waals surface area contributed by atoms with Gasteiger partial charge in [0.1, 0.15) is 6.29 Å². The van der Waals surface area contributed by atoms with E-state index >= 15 is 0 Å². The molecule has 1 saturated heterocycles. The lowest BCUT2D eigenvalue weighted by Crippen LogP contribution is -2.25. The van der Waals surface area contributed by atoms with Crippen LogP contribution >= 0.6 is 0 Å². The van der Waals surface area contributed by atoms with E-state index in [2.05, 4.69) is 15.1 Å². The standard InChI is InChI=1S/C16H17N3O3/c1-22-16(21)12-9-11(10-20)4-5-14(12)19-8-2-3-15(19)13-6-7-17-18-13/h4-7,9-10,15H,2-3,8H2,1H3,(H,17,18). The molecule has 1 fully saturated rings. The van der Waals surface area contributed by atoms with Crippen LogP contribution in [0.1, 0.15) is 45.3 Å². The molecule has 1 aromatic carbocycles. The number of hydrogen-bond acceptors (Lipinski definition) is 5. The number of nitrogens with one attached hydrogen (secondary N) is 1. The lowest BCUT2D eigenvalue weighted by atomic mass is 10.1. The number of aromatic amines is 1. The summed E-state index contributed by atoms with van der Waals surface area (Å²) in [5, 5.41) is 7.01. The molecule has 114 valence electrons. The first-order valence-electron chi connectivity index (χ1n) is 7.18. The highest BCUT2D eigenvalue weighted by Gasteiger charge is 2.30. The van der Waals surface area contributed by atoms with E-state index in [-0.39, 0.29) is 6.04 Å². The van der Waals surface area contributed by atoms with Gasteiger partial charge in [-0.1, -0.05) is 0 Å². The highest BCUT2D eigenvalue weighted by Crippen LogP contribution is 2.37. The molecule has 22 heavy (non-hydrogen) atoms. The number of esters is 1. The van der Waals surface area contributed by atoms with Crippen LogP contribution in [0.15, 0.2) is 30.5 Å². The van der Waals surface area contributed by atoms with Gasteiger partial charge in [-0.15, -0.1) is 0 Å². The molecule has 0 amide bonds. The number of rotatable bonds is 4. The van der Waals surface area contributed by atoms with Gasteiger partial charge in [0, 0.05) is 18.3 Å². The number of hydrogen-bond donors (Lipinski definition) is 1. The molecule has 2 aromatic rings. The largest absolute Gasteiger partial charge is 0.465 e. The van der Waals surface area contributed by atoms with Crippen LogP contribution in [-0.4, -0.2) is 36.1 Å². The average molecular weight is 299 g/mol. The molecule has 3 rings (SSSR count). The quantitative estimate of drug-likeness (QED) is 0.693. The predicted octanol–water partition coefficient (Wildman–Crippen LogP) is 2.35. The summed E-state index contributed by atoms with van der Waals surface area (Å²) in [6.45, 7) is 0.841. The fraction of sp³-hybridized carbons (Fsp3) is 0.312. The van der Waals surface area contributed by atoms with E-state index in [4.69, 9.17) is 4.74 Å². The Balaban J connectivity index is 2.03. The van der Waals surface area contributed by atoms with E-state index in [1.807, 2.05) is 12.1 Å². The maximum Gasteiger partial charge on any atom is 0.339 e. The fourth-order valence-electron chi connectivity index (χ4n) is 2.98. The number of aldehydes is 1. The van der Waals surface area contributed by atoms with Gasteiger partial charge in [0.2, 0.25) is 0 Å². The van der Waals surface area contributed by atoms with Gasteiger partial charge in [-0.25, -0.2) is 4.79 Å². The molecular formula is C16H17N3O3. The number of nitrogens with zero attached hydrogens (tertiary/aromatic N) is 2. The third kappa shape index (κ3) is 2.47. The molecule has 0 radical (unpaired) electrons. The maximum absolute atomic E-state index is 12.1. The van der Waals surface area contributed by atoms with Crippen molar-refractivity contribution in [2.24, 2.45) is 0 Å². The normalized spacial score (nSPS) is 17.5. The van der Waals surface area contributed by atoms with Crippen LogP contribution in [0, 0.1) is 0 Å². The number of H-pyrrole nitrogens is 1. The van der Waals surface area contributed by atoms with E-state index in [0.717, 1.165) is 37.1 Å². The first-order chi connectivity index (χ1) is 10.7. The lowest BCUT2D eigenvalue weighted by Gasteiger charge is -2.27. The molecule has 0 aliphatic carbocycles. The summed E-state index contributed by atoms with van der Waals surface area (Å²) in [6.07, 6.45) is 4.47. The smallest absolute Gasteiger partial charge is 0.339 e. The predicted molar refractivity (Wildman–Crippen MR) is 81.1 cm³/mol. The Morgan fingerprint density at radius 3 is 3.00 bits per heavy atom. The molecule has 1 aromatic heterocycles. The van der Waals surface area contributed by atoms with Crippen molar-refractivity contribution < 1.29 is 14.3 Å². The third-order valence-electron chi connectivity index (χ3n) is 4.01. The minimum Gasteiger partial charge on any atom is -0.465 e. The Kier molecular flexibility index (Phi) is 3.91. The molecule has 1 atom stereocenters. The summed E-state index contributed by atoms with van der Waals surface area (Å²) in [5.41, 5.74) is 2.68. The van der Waals surface area contributed by atoms with Crippen molar-refractivity contribution in [1.82, 2.24) is 10.2 Å². The number of ether oxygens (including phenoxy) is 1. The van der Waals surface area contributed by atoms with E-state index < -0.39 is 5.97 Å². The van der Waals surface area contributed by atoms with E-state index in [1.54, 1.807) is 18.3 Å². The number of methoxy groups -OCH3 is 1. The molecule has 1 N–H and O–H groups in total. The summed E-state index contributed by atoms with van der Waals surface area (Å²) in [4.78, 5) is 25.2. The maximum atomic E-state index is 12.1. The number of carbonyl (C=O) groups excluding carboxylic acids is 2. The number of anilines is 1. The van der Waals surface area contributed by atoms with Gasteiger partial charge < -0.3 is 9.64 Å². The van der Waals surface area contributed by atoms with Gasteiger partial charge in [0.15, 0.2) is 0 Å². The first-order valence-corrected chi connectivity index (χ1v) is 7.18. The Labute approximate surface area is 128 Å². The van der Waals surface area contributed by atoms with Crippen LogP contribution in [-0.2, 0) is 4.74 Å². The number of benzene rings is 1. The van der Waals surface area contributed by atoms with Gasteiger partial charge in [0.05, 0.1) is 30.1 Å². The van der Waals surface area contributed by atoms with Gasteiger partial charge in [-0.05, 0) is 37.1 Å². The molecule has 0 saturated carbocycles. The monoisotopic (exact) mass is 299 g/mol. The zero-order valence-corrected chi connectivity index (χ0v) is 12.3. The van der Waals surface area contributed by atoms with Crippen molar-refractivity contribution in [1.29, 1.82) is 0 Å². The van der Waals surface area contributed by atoms with Gasteiger partial charge in [-0.3, -0.25) is 9.89 Å². The van der Waals surface area contributed by atoms with Crippen LogP contribution in [0.25, 0.3) is 0 Å². The van der Waals surface area contributed by atoms with Crippen molar-refractivity contribution >= 4 is 17.9 Å². The Hall–Kier alpha value is -2.63. The van der Waals surface area contributed by atoms with Crippen molar-refractivity contribution in [3.63, 3.8) is 0 Å². The second kappa shape index (κ2) is 6.01. The SMILES string of the molecule is COC(=O)c1cc(C=O)ccc1N1CCCC1c1ccn[nH]1. The molecular weight excluding hydrogens is 282 g/mol. The zero-order chi connectivity index (χ0) is 15.5. The summed E-state index contributed by atoms with van der Waals surface area (Å²) < 4.78 is 4.86. The zero-order valence-electron chi connectivity index (χ0n) is 12.3. The average Bonchev–Trinajstić information content (AvgIpc) is 3.23. The second-order valence-corrected chi connectivity index (χ2v) is 5.25. The molecule has 2 heterocycles. The lowest BCUT2D eigenvalue weighted by molar-refractivity contribution is 0.0601. The molecule has 1 unspecified atom stereocenters. The van der Waals surface area contributed by atoms with Crippen LogP contribution in [0.2, 0.25) is 0 Å². The summed E-state index contributed by atoms with van der Waals surface area (Å²) in [5.74, 6) is -0.436. The van der Waals surface area contributed by atoms with Crippen molar-refractivity contribution in [2.45, 2.75) is 18.9 Å². The molecule has 6 nitrogen and oxygen atoms in total. The molecule has 1 aliphatic rings. The van der Waals surface area contributed by atoms with Crippen LogP contribution < -0.4 is 4.90 Å². The minimum absolute atomic E-state index is 0.146. The topological polar surface area (TPSA) is 75.3 Å². The van der Waals surface area contributed by atoms with Crippen LogP contribution in [0.4, 0.5) is 5.69 Å². The summed E-state index contributed by atoms with van der Waals surface area (Å²) >= 11 is 0. The van der Waals surface area contributed by atoms with Crippen LogP contribution in [0.3, 0.4) is 0 Å². The second-order valence-electron chi connectivity index (χ2n) is 5.25. The molecule has 0 bridgehead atoms. The van der Waals surface area contributed by atoms with Gasteiger partial charge in [-0.2, -0.15) is 5.10 Å². The van der Waals surface area contributed by atoms with Crippen molar-refractivity contribution in [2.75, 3.05) is 18.6 Å². The Morgan fingerprint density at radius 2 is 2.32 bits per heavy atom. The van der Waals surface area contributed by atoms with Crippen molar-refractivity contribution in [3.05, 3.63) is 47.3 Å². The van der Waals surface area contributed by atoms with E-state index in [0.29, 0.717) is 11.1 Å². The third-order valence-corrected chi connectivity index (χ3v) is 4.01. The van der Waals surface area contributed by atoms with Crippen molar-refractivity contribution in [3.8, 4) is 0 Å². The number of carbonyl (C=O) groups is 2. The van der Waals surface area contributed by atoms with Gasteiger partial charge >= 0.3 is 5.97 Å². The molecule has 6 heteroatoms. The highest BCUT2D eigenvalue weighted by atomic mass is 16.5. The summed E-state index contributed by atoms with van der Waals surface area (Å²) in [7, 11) is 1.34. The van der Waals surface area contributed by atoms with E-state index in [9.17, 15) is 9.59 Å². The van der Waals surface area contributed by atoms with Crippen LogP contribution in [0.5, 0.6) is 0 Å². The molecule has 0 spiro atoms. The summed E-state index contributed by atoms with van der Waals surface area (Å²) in [6, 6.07) is 7.20. The number of aromatic nitrogens is 2. The minimum atomic E-state index is -0.436. The molecule has 1 aliphatic heterocycles. The fourth-order valence-corrected chi connectivity index (χ4v) is 2.98. The Morgan fingerprint density at radius 1 is 1.45 bits per heavy atom. The first kappa shape index (κ1) is 14.3. The van der Waals surface area contributed by atoms with Gasteiger partial charge in [0.25, 0.3) is 0 Å². The van der Waals surface area contributed by atoms with E-state index in [1.165, 1.54) is 7.11 Å². The highest BCUT2D eigenvalue weighted by molar-refractivity contribution is 5.97.